The van der Waals surface area contributed by atoms with E-state index in [0.717, 1.165) is 27.1 Å². The molecule has 0 spiro atoms. The van der Waals surface area contributed by atoms with Gasteiger partial charge in [-0.1, -0.05) is 35.1 Å². The third-order valence-electron chi connectivity index (χ3n) is 5.83. The summed E-state index contributed by atoms with van der Waals surface area (Å²) in [5.74, 6) is -0.300. The molecule has 4 aromatic rings. The van der Waals surface area contributed by atoms with Crippen molar-refractivity contribution in [2.24, 2.45) is 0 Å². The third kappa shape index (κ3) is 4.25. The average molecular weight is 533 g/mol. The molecule has 0 aliphatic carbocycles. The molecule has 11 heteroatoms. The van der Waals surface area contributed by atoms with Gasteiger partial charge in [0.25, 0.3) is 10.0 Å². The first-order valence-electron chi connectivity index (χ1n) is 10.7. The highest BCUT2D eigenvalue weighted by Crippen LogP contribution is 2.36. The summed E-state index contributed by atoms with van der Waals surface area (Å²) in [6.07, 6.45) is 2.74. The van der Waals surface area contributed by atoms with Gasteiger partial charge < -0.3 is 0 Å². The summed E-state index contributed by atoms with van der Waals surface area (Å²) in [7, 11) is -3.76. The van der Waals surface area contributed by atoms with E-state index in [1.54, 1.807) is 28.6 Å². The minimum Gasteiger partial charge on any atom is -0.281 e. The Bertz CT molecular complexity index is 1440. The van der Waals surface area contributed by atoms with Crippen LogP contribution in [0.25, 0.3) is 10.2 Å². The van der Waals surface area contributed by atoms with Crippen molar-refractivity contribution in [1.82, 2.24) is 14.3 Å². The predicted molar refractivity (Wildman–Crippen MR) is 136 cm³/mol. The maximum absolute atomic E-state index is 13.9. The lowest BCUT2D eigenvalue weighted by molar-refractivity contribution is -0.121. The molecule has 0 radical (unpaired) electrons. The molecule has 3 aromatic heterocycles. The molecule has 1 aliphatic heterocycles. The van der Waals surface area contributed by atoms with Gasteiger partial charge in [0.2, 0.25) is 5.91 Å². The van der Waals surface area contributed by atoms with Crippen molar-refractivity contribution in [3.8, 4) is 0 Å². The number of sulfonamides is 1. The fourth-order valence-corrected chi connectivity index (χ4v) is 8.03. The minimum absolute atomic E-state index is 0.190. The quantitative estimate of drug-likeness (QED) is 0.345. The van der Waals surface area contributed by atoms with Crippen LogP contribution in [0.5, 0.6) is 0 Å². The highest BCUT2D eigenvalue weighted by molar-refractivity contribution is 7.91. The lowest BCUT2D eigenvalue weighted by atomic mass is 10.2. The highest BCUT2D eigenvalue weighted by atomic mass is 35.5. The Balaban J connectivity index is 1.55. The van der Waals surface area contributed by atoms with Gasteiger partial charge in [-0.2, -0.15) is 4.31 Å². The molecule has 0 bridgehead atoms. The van der Waals surface area contributed by atoms with Gasteiger partial charge >= 0.3 is 0 Å². The first kappa shape index (κ1) is 23.4. The number of thiophene rings is 1. The van der Waals surface area contributed by atoms with Gasteiger partial charge in [-0.05, 0) is 61.0 Å². The van der Waals surface area contributed by atoms with Crippen molar-refractivity contribution < 1.29 is 13.2 Å². The van der Waals surface area contributed by atoms with Gasteiger partial charge in [-0.15, -0.1) is 11.3 Å². The molecule has 34 heavy (non-hydrogen) atoms. The molecule has 1 fully saturated rings. The molecule has 0 N–H and O–H groups in total. The summed E-state index contributed by atoms with van der Waals surface area (Å²) < 4.78 is 29.0. The number of carbonyl (C=O) groups is 1. The molecule has 0 saturated carbocycles. The van der Waals surface area contributed by atoms with Crippen molar-refractivity contribution in [2.75, 3.05) is 11.4 Å². The SMILES string of the molecule is Cc1c(Cl)ccc2sc(N(Cc3ccccn3)C(=O)C3CCCN3S(=O)(=O)c3cccs3)nc12. The van der Waals surface area contributed by atoms with Crippen LogP contribution in [0.4, 0.5) is 5.13 Å². The summed E-state index contributed by atoms with van der Waals surface area (Å²) in [5, 5.41) is 2.83. The van der Waals surface area contributed by atoms with Gasteiger partial charge in [0.15, 0.2) is 5.13 Å². The number of aromatic nitrogens is 2. The molecule has 1 unspecified atom stereocenters. The molecular weight excluding hydrogens is 512 g/mol. The molecule has 1 saturated heterocycles. The Morgan fingerprint density at radius 1 is 1.24 bits per heavy atom. The number of rotatable bonds is 6. The number of amides is 1. The first-order valence-corrected chi connectivity index (χ1v) is 14.2. The largest absolute Gasteiger partial charge is 0.281 e. The van der Waals surface area contributed by atoms with Gasteiger partial charge in [0, 0.05) is 17.8 Å². The number of nitrogens with zero attached hydrogens (tertiary/aromatic N) is 4. The van der Waals surface area contributed by atoms with E-state index in [0.29, 0.717) is 35.2 Å². The minimum atomic E-state index is -3.76. The molecule has 176 valence electrons. The Kier molecular flexibility index (Phi) is 6.43. The van der Waals surface area contributed by atoms with E-state index in [1.165, 1.54) is 15.6 Å². The number of aryl methyl sites for hydroxylation is 1. The molecule has 4 heterocycles. The van der Waals surface area contributed by atoms with E-state index in [1.807, 2.05) is 37.3 Å². The zero-order chi connectivity index (χ0) is 23.9. The van der Waals surface area contributed by atoms with Gasteiger partial charge in [0.1, 0.15) is 10.3 Å². The highest BCUT2D eigenvalue weighted by Gasteiger charge is 2.42. The Morgan fingerprint density at radius 3 is 2.82 bits per heavy atom. The standard InChI is InChI=1S/C23H21ClN4O3S3/c1-15-17(24)9-10-19-21(15)26-23(33-19)27(14-16-6-2-3-11-25-16)22(29)18-7-4-12-28(18)34(30,31)20-8-5-13-32-20/h2-3,5-6,8-11,13,18H,4,7,12,14H2,1H3. The number of benzene rings is 1. The fourth-order valence-electron chi connectivity index (χ4n) is 4.08. The molecule has 5 rings (SSSR count). The van der Waals surface area contributed by atoms with Gasteiger partial charge in [-0.25, -0.2) is 13.4 Å². The zero-order valence-corrected chi connectivity index (χ0v) is 21.4. The zero-order valence-electron chi connectivity index (χ0n) is 18.2. The van der Waals surface area contributed by atoms with Gasteiger partial charge in [0.05, 0.1) is 22.5 Å². The van der Waals surface area contributed by atoms with Crippen LogP contribution in [0.2, 0.25) is 5.02 Å². The molecule has 7 nitrogen and oxygen atoms in total. The molecule has 1 amide bonds. The van der Waals surface area contributed by atoms with E-state index < -0.39 is 16.1 Å². The third-order valence-corrected chi connectivity index (χ3v) is 10.6. The van der Waals surface area contributed by atoms with E-state index in [4.69, 9.17) is 16.6 Å². The van der Waals surface area contributed by atoms with E-state index >= 15 is 0 Å². The molecule has 1 atom stereocenters. The summed E-state index contributed by atoms with van der Waals surface area (Å²) in [5.41, 5.74) is 2.27. The number of anilines is 1. The maximum atomic E-state index is 13.9. The second kappa shape index (κ2) is 9.35. The van der Waals surface area contributed by atoms with E-state index in [-0.39, 0.29) is 16.7 Å². The van der Waals surface area contributed by atoms with Crippen LogP contribution < -0.4 is 4.90 Å². The Labute approximate surface area is 210 Å². The normalized spacial score (nSPS) is 16.8. The Morgan fingerprint density at radius 2 is 2.09 bits per heavy atom. The number of halogens is 1. The number of thiazole rings is 1. The summed E-state index contributed by atoms with van der Waals surface area (Å²) >= 11 is 8.83. The van der Waals surface area contributed by atoms with Crippen molar-refractivity contribution in [2.45, 2.75) is 36.6 Å². The lowest BCUT2D eigenvalue weighted by Crippen LogP contribution is -2.47. The molecular formula is C23H21ClN4O3S3. The van der Waals surface area contributed by atoms with Crippen LogP contribution in [-0.4, -0.2) is 41.2 Å². The number of hydrogen-bond donors (Lipinski definition) is 0. The van der Waals surface area contributed by atoms with Crippen LogP contribution in [-0.2, 0) is 21.4 Å². The number of fused-ring (bicyclic) bond motifs is 1. The van der Waals surface area contributed by atoms with Gasteiger partial charge in [-0.3, -0.25) is 14.7 Å². The number of pyridine rings is 1. The predicted octanol–water partition coefficient (Wildman–Crippen LogP) is 5.10. The topological polar surface area (TPSA) is 83.5 Å². The second-order valence-corrected chi connectivity index (χ2v) is 12.4. The fraction of sp³-hybridized carbons (Fsp3) is 0.261. The smallest absolute Gasteiger partial charge is 0.253 e. The van der Waals surface area contributed by atoms with Crippen LogP contribution in [0.1, 0.15) is 24.1 Å². The average Bonchev–Trinajstić information content (AvgIpc) is 3.61. The number of carbonyl (C=O) groups excluding carboxylic acids is 1. The van der Waals surface area contributed by atoms with E-state index in [9.17, 15) is 13.2 Å². The summed E-state index contributed by atoms with van der Waals surface area (Å²) in [6.45, 7) is 2.39. The Hall–Kier alpha value is -2.37. The molecule has 1 aliphatic rings. The molecule has 1 aromatic carbocycles. The van der Waals surface area contributed by atoms with Crippen molar-refractivity contribution in [1.29, 1.82) is 0 Å². The van der Waals surface area contributed by atoms with Crippen LogP contribution in [0.15, 0.2) is 58.3 Å². The van der Waals surface area contributed by atoms with Crippen LogP contribution in [0, 0.1) is 6.92 Å². The monoisotopic (exact) mass is 532 g/mol. The summed E-state index contributed by atoms with van der Waals surface area (Å²) in [6, 6.07) is 11.7. The first-order chi connectivity index (χ1) is 16.4. The van der Waals surface area contributed by atoms with Crippen molar-refractivity contribution in [3.05, 3.63) is 70.3 Å². The lowest BCUT2D eigenvalue weighted by Gasteiger charge is -2.28. The van der Waals surface area contributed by atoms with Crippen molar-refractivity contribution in [3.63, 3.8) is 0 Å². The van der Waals surface area contributed by atoms with Crippen molar-refractivity contribution >= 4 is 65.6 Å². The van der Waals surface area contributed by atoms with E-state index in [2.05, 4.69) is 4.98 Å². The number of hydrogen-bond acceptors (Lipinski definition) is 7. The second-order valence-electron chi connectivity index (χ2n) is 7.97. The summed E-state index contributed by atoms with van der Waals surface area (Å²) in [4.78, 5) is 24.6. The maximum Gasteiger partial charge on any atom is 0.253 e. The van der Waals surface area contributed by atoms with Crippen LogP contribution >= 0.6 is 34.3 Å². The van der Waals surface area contributed by atoms with Crippen LogP contribution in [0.3, 0.4) is 0 Å².